The number of aromatic nitrogens is 2. The minimum Gasteiger partial charge on any atom is -0.493 e. The molecule has 2 aromatic carbocycles. The number of hydrogen-bond donors (Lipinski definition) is 1. The van der Waals surface area contributed by atoms with Gasteiger partial charge in [-0.1, -0.05) is 17.7 Å². The van der Waals surface area contributed by atoms with Crippen LogP contribution >= 0.6 is 0 Å². The van der Waals surface area contributed by atoms with Crippen LogP contribution in [0.3, 0.4) is 0 Å². The van der Waals surface area contributed by atoms with Crippen molar-refractivity contribution in [1.82, 2.24) is 9.13 Å². The van der Waals surface area contributed by atoms with E-state index in [-0.39, 0.29) is 12.2 Å². The van der Waals surface area contributed by atoms with Crippen LogP contribution in [0.25, 0.3) is 11.3 Å². The number of carbonyl (C=O) groups is 1. The van der Waals surface area contributed by atoms with E-state index in [1.807, 2.05) is 58.9 Å². The van der Waals surface area contributed by atoms with Crippen molar-refractivity contribution in [2.24, 2.45) is 10.7 Å². The fourth-order valence-electron chi connectivity index (χ4n) is 4.98. The Labute approximate surface area is 204 Å². The summed E-state index contributed by atoms with van der Waals surface area (Å²) in [4.78, 5) is 30.4. The predicted molar refractivity (Wildman–Crippen MR) is 135 cm³/mol. The zero-order valence-corrected chi connectivity index (χ0v) is 21.2. The lowest BCUT2D eigenvalue weighted by Crippen LogP contribution is -2.44. The van der Waals surface area contributed by atoms with Crippen molar-refractivity contribution in [3.05, 3.63) is 68.1 Å². The molecule has 0 fully saturated rings. The number of benzene rings is 2. The second kappa shape index (κ2) is 9.44. The van der Waals surface area contributed by atoms with E-state index in [0.29, 0.717) is 30.8 Å². The maximum Gasteiger partial charge on any atom is 0.330 e. The molecule has 0 saturated carbocycles. The van der Waals surface area contributed by atoms with E-state index >= 15 is 0 Å². The molecule has 4 rings (SSSR count). The minimum atomic E-state index is -0.600. The van der Waals surface area contributed by atoms with Crippen molar-refractivity contribution >= 4 is 11.6 Å². The molecule has 1 amide bonds. The number of methoxy groups -OCH3 is 1. The second-order valence-corrected chi connectivity index (χ2v) is 8.98. The molecular formula is C27H32N4O4. The molecule has 8 nitrogen and oxygen atoms in total. The van der Waals surface area contributed by atoms with Gasteiger partial charge in [-0.05, 0) is 69.4 Å². The van der Waals surface area contributed by atoms with Gasteiger partial charge in [-0.3, -0.25) is 13.9 Å². The summed E-state index contributed by atoms with van der Waals surface area (Å²) in [6, 6.07) is 7.88. The number of primary amides is 1. The number of ether oxygens (including phenoxy) is 2. The van der Waals surface area contributed by atoms with Gasteiger partial charge in [0.25, 0.3) is 0 Å². The van der Waals surface area contributed by atoms with Crippen LogP contribution in [0.1, 0.15) is 34.7 Å². The van der Waals surface area contributed by atoms with Crippen LogP contribution in [0.5, 0.6) is 11.5 Å². The Morgan fingerprint density at radius 2 is 1.80 bits per heavy atom. The van der Waals surface area contributed by atoms with E-state index in [0.717, 1.165) is 50.5 Å². The molecule has 2 N–H and O–H groups in total. The van der Waals surface area contributed by atoms with Crippen molar-refractivity contribution in [2.45, 2.75) is 54.1 Å². The lowest BCUT2D eigenvalue weighted by molar-refractivity contribution is -0.118. The van der Waals surface area contributed by atoms with Crippen LogP contribution < -0.4 is 26.4 Å². The third kappa shape index (κ3) is 4.36. The van der Waals surface area contributed by atoms with Gasteiger partial charge in [-0.15, -0.1) is 0 Å². The molecule has 35 heavy (non-hydrogen) atoms. The Balaban J connectivity index is 2.06. The molecule has 1 aromatic heterocycles. The first-order valence-corrected chi connectivity index (χ1v) is 11.7. The highest BCUT2D eigenvalue weighted by atomic mass is 16.5. The van der Waals surface area contributed by atoms with Gasteiger partial charge in [0.2, 0.25) is 5.91 Å². The first-order chi connectivity index (χ1) is 16.7. The smallest absolute Gasteiger partial charge is 0.330 e. The van der Waals surface area contributed by atoms with Crippen molar-refractivity contribution < 1.29 is 14.3 Å². The van der Waals surface area contributed by atoms with Crippen molar-refractivity contribution in [3.63, 3.8) is 0 Å². The van der Waals surface area contributed by atoms with Crippen molar-refractivity contribution in [1.29, 1.82) is 0 Å². The minimum absolute atomic E-state index is 0.250. The summed E-state index contributed by atoms with van der Waals surface area (Å²) in [5, 5.41) is 0. The fourth-order valence-corrected chi connectivity index (χ4v) is 4.98. The maximum atomic E-state index is 13.6. The molecule has 1 aliphatic heterocycles. The largest absolute Gasteiger partial charge is 0.493 e. The maximum absolute atomic E-state index is 13.6. The van der Waals surface area contributed by atoms with Gasteiger partial charge in [0.1, 0.15) is 12.0 Å². The van der Waals surface area contributed by atoms with Gasteiger partial charge in [0, 0.05) is 18.2 Å². The molecule has 8 heteroatoms. The quantitative estimate of drug-likeness (QED) is 0.590. The molecule has 0 bridgehead atoms. The van der Waals surface area contributed by atoms with Crippen LogP contribution in [0, 0.1) is 27.7 Å². The number of amides is 1. The summed E-state index contributed by atoms with van der Waals surface area (Å²) < 4.78 is 14.5. The van der Waals surface area contributed by atoms with Crippen LogP contribution in [0.15, 0.2) is 34.1 Å². The van der Waals surface area contributed by atoms with Crippen LogP contribution in [-0.2, 0) is 24.3 Å². The summed E-state index contributed by atoms with van der Waals surface area (Å²) in [5.41, 5.74) is 13.2. The SMILES string of the molecule is CCOc1c(OC)cc2c(c1C)CCn1c-2cc(=Nc2c(C)cc(C)cc2C)n(CC(N)=O)c1=O. The molecule has 0 aliphatic carbocycles. The lowest BCUT2D eigenvalue weighted by atomic mass is 9.92. The molecule has 0 spiro atoms. The Kier molecular flexibility index (Phi) is 6.56. The Morgan fingerprint density at radius 3 is 2.40 bits per heavy atom. The van der Waals surface area contributed by atoms with E-state index in [1.165, 1.54) is 4.57 Å². The highest BCUT2D eigenvalue weighted by molar-refractivity contribution is 5.74. The predicted octanol–water partition coefficient (Wildman–Crippen LogP) is 3.23. The summed E-state index contributed by atoms with van der Waals surface area (Å²) in [6.07, 6.45) is 0.654. The molecule has 0 unspecified atom stereocenters. The van der Waals surface area contributed by atoms with Gasteiger partial charge >= 0.3 is 5.69 Å². The number of aryl methyl sites for hydroxylation is 3. The average molecular weight is 477 g/mol. The lowest BCUT2D eigenvalue weighted by Gasteiger charge is -2.26. The average Bonchev–Trinajstić information content (AvgIpc) is 2.79. The van der Waals surface area contributed by atoms with Gasteiger partial charge < -0.3 is 15.2 Å². The highest BCUT2D eigenvalue weighted by Gasteiger charge is 2.25. The summed E-state index contributed by atoms with van der Waals surface area (Å²) in [7, 11) is 1.61. The van der Waals surface area contributed by atoms with Crippen molar-refractivity contribution in [2.75, 3.05) is 13.7 Å². The molecule has 0 radical (unpaired) electrons. The van der Waals surface area contributed by atoms with E-state index < -0.39 is 5.91 Å². The normalized spacial score (nSPS) is 12.8. The van der Waals surface area contributed by atoms with Crippen LogP contribution in [0.2, 0.25) is 0 Å². The molecule has 2 heterocycles. The molecule has 184 valence electrons. The van der Waals surface area contributed by atoms with E-state index in [4.69, 9.17) is 20.2 Å². The zero-order chi connectivity index (χ0) is 25.4. The number of carbonyl (C=O) groups excluding carboxylic acids is 1. The number of nitrogens with two attached hydrogens (primary N) is 1. The Bertz CT molecular complexity index is 1440. The van der Waals surface area contributed by atoms with Crippen molar-refractivity contribution in [3.8, 4) is 22.8 Å². The van der Waals surface area contributed by atoms with Gasteiger partial charge in [0.05, 0.1) is 25.1 Å². The number of fused-ring (bicyclic) bond motifs is 3. The van der Waals surface area contributed by atoms with Gasteiger partial charge in [0.15, 0.2) is 11.5 Å². The number of hydrogen-bond acceptors (Lipinski definition) is 5. The van der Waals surface area contributed by atoms with E-state index in [1.54, 1.807) is 11.7 Å². The Morgan fingerprint density at radius 1 is 1.11 bits per heavy atom. The topological polar surface area (TPSA) is 101 Å². The molecular weight excluding hydrogens is 444 g/mol. The number of rotatable bonds is 6. The Hall–Kier alpha value is -3.81. The monoisotopic (exact) mass is 476 g/mol. The van der Waals surface area contributed by atoms with E-state index in [2.05, 4.69) is 0 Å². The molecule has 0 saturated heterocycles. The van der Waals surface area contributed by atoms with Crippen LogP contribution in [0.4, 0.5) is 5.69 Å². The first kappa shape index (κ1) is 24.3. The fraction of sp³-hybridized carbons (Fsp3) is 0.370. The third-order valence-electron chi connectivity index (χ3n) is 6.46. The number of nitrogens with zero attached hydrogens (tertiary/aromatic N) is 3. The first-order valence-electron chi connectivity index (χ1n) is 11.7. The molecule has 0 atom stereocenters. The van der Waals surface area contributed by atoms with E-state index in [9.17, 15) is 9.59 Å². The zero-order valence-electron chi connectivity index (χ0n) is 21.2. The van der Waals surface area contributed by atoms with Gasteiger partial charge in [-0.25, -0.2) is 9.79 Å². The summed E-state index contributed by atoms with van der Waals surface area (Å²) in [5.74, 6) is 0.734. The summed E-state index contributed by atoms with van der Waals surface area (Å²) >= 11 is 0. The van der Waals surface area contributed by atoms with Gasteiger partial charge in [-0.2, -0.15) is 0 Å². The highest BCUT2D eigenvalue weighted by Crippen LogP contribution is 2.41. The standard InChI is InChI=1S/C27H32N4O4/c1-7-35-26-18(5)19-8-9-30-21(20(19)12-22(26)34-6)13-24(31(27(30)33)14-23(28)32)29-25-16(3)10-15(2)11-17(25)4/h10-13H,7-9,14H2,1-6H3,(H2,28,32). The summed E-state index contributed by atoms with van der Waals surface area (Å²) in [6.45, 7) is 10.7. The molecule has 3 aromatic rings. The second-order valence-electron chi connectivity index (χ2n) is 8.98. The third-order valence-corrected chi connectivity index (χ3v) is 6.46. The van der Waals surface area contributed by atoms with Crippen LogP contribution in [-0.4, -0.2) is 28.8 Å². The molecule has 1 aliphatic rings.